The van der Waals surface area contributed by atoms with Crippen molar-refractivity contribution in [3.63, 3.8) is 0 Å². The molecule has 0 radical (unpaired) electrons. The fourth-order valence-electron chi connectivity index (χ4n) is 4.73. The predicted octanol–water partition coefficient (Wildman–Crippen LogP) is 4.42. The van der Waals surface area contributed by atoms with Crippen molar-refractivity contribution in [3.8, 4) is 11.5 Å². The maximum atomic E-state index is 14.3. The number of benzene rings is 4. The Balaban J connectivity index is 1.78. The highest BCUT2D eigenvalue weighted by molar-refractivity contribution is 7.92. The van der Waals surface area contributed by atoms with Crippen molar-refractivity contribution >= 4 is 27.5 Å². The van der Waals surface area contributed by atoms with Crippen LogP contribution in [0.2, 0.25) is 0 Å². The van der Waals surface area contributed by atoms with Gasteiger partial charge in [-0.05, 0) is 47.5 Å². The van der Waals surface area contributed by atoms with Crippen LogP contribution in [0.5, 0.6) is 11.5 Å². The number of carbonyl (C=O) groups excluding carboxylic acids is 2. The van der Waals surface area contributed by atoms with E-state index in [9.17, 15) is 22.4 Å². The van der Waals surface area contributed by atoms with Crippen LogP contribution >= 0.6 is 0 Å². The molecule has 1 N–H and O–H groups in total. The fourth-order valence-corrected chi connectivity index (χ4v) is 6.16. The molecule has 11 heteroatoms. The summed E-state index contributed by atoms with van der Waals surface area (Å²) in [6.07, 6.45) is 0.168. The van der Waals surface area contributed by atoms with Gasteiger partial charge in [-0.15, -0.1) is 0 Å². The second kappa shape index (κ2) is 14.5. The summed E-state index contributed by atoms with van der Waals surface area (Å²) in [5.41, 5.74) is 1.61. The molecule has 44 heavy (non-hydrogen) atoms. The lowest BCUT2D eigenvalue weighted by molar-refractivity contribution is -0.139. The molecule has 0 unspecified atom stereocenters. The molecule has 0 spiro atoms. The molecule has 0 saturated carbocycles. The first-order valence-corrected chi connectivity index (χ1v) is 15.2. The smallest absolute Gasteiger partial charge is 0.264 e. The summed E-state index contributed by atoms with van der Waals surface area (Å²) >= 11 is 0. The number of ether oxygens (including phenoxy) is 2. The Labute approximate surface area is 256 Å². The van der Waals surface area contributed by atoms with E-state index in [1.165, 1.54) is 68.6 Å². The molecule has 2 amide bonds. The number of nitrogens with zero attached hydrogens (tertiary/aromatic N) is 2. The molecule has 0 aromatic heterocycles. The Morgan fingerprint density at radius 2 is 1.43 bits per heavy atom. The molecule has 0 saturated heterocycles. The molecule has 1 atom stereocenters. The number of hydrogen-bond donors (Lipinski definition) is 1. The van der Waals surface area contributed by atoms with E-state index in [-0.39, 0.29) is 29.3 Å². The molecule has 0 aliphatic heterocycles. The van der Waals surface area contributed by atoms with Crippen molar-refractivity contribution in [2.75, 3.05) is 32.1 Å². The van der Waals surface area contributed by atoms with Crippen molar-refractivity contribution in [2.24, 2.45) is 0 Å². The van der Waals surface area contributed by atoms with Crippen LogP contribution in [0.4, 0.5) is 10.1 Å². The lowest BCUT2D eigenvalue weighted by atomic mass is 10.0. The third-order valence-electron chi connectivity index (χ3n) is 7.05. The molecule has 0 fully saturated rings. The highest BCUT2D eigenvalue weighted by Gasteiger charge is 2.34. The Hall–Kier alpha value is -4.90. The minimum Gasteiger partial charge on any atom is -0.493 e. The number of amides is 2. The first-order valence-electron chi connectivity index (χ1n) is 13.8. The Morgan fingerprint density at radius 1 is 0.818 bits per heavy atom. The van der Waals surface area contributed by atoms with E-state index < -0.39 is 40.2 Å². The van der Waals surface area contributed by atoms with Crippen molar-refractivity contribution in [3.05, 3.63) is 120 Å². The van der Waals surface area contributed by atoms with Crippen LogP contribution < -0.4 is 19.1 Å². The number of sulfonamides is 1. The average molecular weight is 620 g/mol. The lowest BCUT2D eigenvalue weighted by Gasteiger charge is -2.33. The monoisotopic (exact) mass is 619 g/mol. The normalized spacial score (nSPS) is 11.7. The third kappa shape index (κ3) is 7.54. The topological polar surface area (TPSA) is 105 Å². The van der Waals surface area contributed by atoms with Gasteiger partial charge in [-0.3, -0.25) is 13.9 Å². The fraction of sp³-hybridized carbons (Fsp3) is 0.212. The average Bonchev–Trinajstić information content (AvgIpc) is 3.06. The van der Waals surface area contributed by atoms with Gasteiger partial charge in [0.05, 0.1) is 24.8 Å². The summed E-state index contributed by atoms with van der Waals surface area (Å²) in [6.45, 7) is -0.687. The first kappa shape index (κ1) is 32.0. The zero-order chi connectivity index (χ0) is 31.7. The summed E-state index contributed by atoms with van der Waals surface area (Å²) in [4.78, 5) is 28.8. The van der Waals surface area contributed by atoms with E-state index in [0.717, 1.165) is 9.87 Å². The van der Waals surface area contributed by atoms with Crippen LogP contribution in [0.15, 0.2) is 108 Å². The maximum Gasteiger partial charge on any atom is 0.264 e. The summed E-state index contributed by atoms with van der Waals surface area (Å²) in [6, 6.07) is 26.1. The molecule has 4 aromatic rings. The van der Waals surface area contributed by atoms with Gasteiger partial charge in [0.15, 0.2) is 11.5 Å². The number of para-hydroxylation sites is 1. The highest BCUT2D eigenvalue weighted by atomic mass is 32.2. The number of anilines is 1. The van der Waals surface area contributed by atoms with Crippen LogP contribution in [0.25, 0.3) is 0 Å². The second-order valence-corrected chi connectivity index (χ2v) is 11.7. The SMILES string of the molecule is CNC(=O)[C@@H](Cc1ccccc1)N(Cc1ccc(F)cc1)C(=O)CN(c1ccccc1)S(=O)(=O)c1ccc(OC)c(OC)c1. The van der Waals surface area contributed by atoms with Crippen molar-refractivity contribution in [2.45, 2.75) is 23.9 Å². The van der Waals surface area contributed by atoms with Crippen LogP contribution in [0, 0.1) is 5.82 Å². The summed E-state index contributed by atoms with van der Waals surface area (Å²) in [5, 5.41) is 2.63. The minimum absolute atomic E-state index is 0.0664. The van der Waals surface area contributed by atoms with Gasteiger partial charge < -0.3 is 19.7 Å². The van der Waals surface area contributed by atoms with E-state index in [1.807, 2.05) is 30.3 Å². The number of carbonyl (C=O) groups is 2. The number of rotatable bonds is 13. The Kier molecular flexibility index (Phi) is 10.6. The van der Waals surface area contributed by atoms with Gasteiger partial charge >= 0.3 is 0 Å². The maximum absolute atomic E-state index is 14.3. The van der Waals surface area contributed by atoms with Crippen LogP contribution in [0.3, 0.4) is 0 Å². The number of likely N-dealkylation sites (N-methyl/N-ethyl adjacent to an activating group) is 1. The van der Waals surface area contributed by atoms with Gasteiger partial charge in [0.2, 0.25) is 11.8 Å². The van der Waals surface area contributed by atoms with Crippen molar-refractivity contribution < 1.29 is 31.9 Å². The lowest BCUT2D eigenvalue weighted by Crippen LogP contribution is -2.53. The standard InChI is InChI=1S/C33H34FN3O6S/c1-35-33(39)29(20-24-10-6-4-7-11-24)36(22-25-14-16-26(34)17-15-25)32(38)23-37(27-12-8-5-9-13-27)44(40,41)28-18-19-30(42-2)31(21-28)43-3/h4-19,21,29H,20,22-23H2,1-3H3,(H,35,39)/t29-/m1/s1. The zero-order valence-electron chi connectivity index (χ0n) is 24.6. The molecule has 0 aliphatic carbocycles. The predicted molar refractivity (Wildman–Crippen MR) is 165 cm³/mol. The highest BCUT2D eigenvalue weighted by Crippen LogP contribution is 2.32. The van der Waals surface area contributed by atoms with E-state index in [0.29, 0.717) is 11.3 Å². The van der Waals surface area contributed by atoms with Crippen LogP contribution in [-0.4, -0.2) is 59.0 Å². The van der Waals surface area contributed by atoms with E-state index >= 15 is 0 Å². The van der Waals surface area contributed by atoms with Gasteiger partial charge in [-0.2, -0.15) is 0 Å². The summed E-state index contributed by atoms with van der Waals surface area (Å²) in [5.74, 6) is -0.970. The van der Waals surface area contributed by atoms with Crippen LogP contribution in [-0.2, 0) is 32.6 Å². The number of halogens is 1. The Bertz CT molecular complexity index is 1670. The second-order valence-electron chi connectivity index (χ2n) is 9.83. The summed E-state index contributed by atoms with van der Waals surface area (Å²) in [7, 11) is -0.0241. The molecule has 0 aliphatic rings. The van der Waals surface area contributed by atoms with Gasteiger partial charge in [-0.1, -0.05) is 60.7 Å². The molecule has 9 nitrogen and oxygen atoms in total. The van der Waals surface area contributed by atoms with Crippen molar-refractivity contribution in [1.29, 1.82) is 0 Å². The van der Waals surface area contributed by atoms with E-state index in [2.05, 4.69) is 5.32 Å². The quantitative estimate of drug-likeness (QED) is 0.238. The number of nitrogens with one attached hydrogen (secondary N) is 1. The third-order valence-corrected chi connectivity index (χ3v) is 8.82. The van der Waals surface area contributed by atoms with Crippen LogP contribution in [0.1, 0.15) is 11.1 Å². The van der Waals surface area contributed by atoms with Crippen molar-refractivity contribution in [1.82, 2.24) is 10.2 Å². The Morgan fingerprint density at radius 3 is 2.02 bits per heavy atom. The zero-order valence-corrected chi connectivity index (χ0v) is 25.5. The molecular weight excluding hydrogens is 585 g/mol. The molecule has 4 aromatic carbocycles. The van der Waals surface area contributed by atoms with E-state index in [1.54, 1.807) is 30.3 Å². The van der Waals surface area contributed by atoms with Gasteiger partial charge in [0.1, 0.15) is 18.4 Å². The molecule has 230 valence electrons. The van der Waals surface area contributed by atoms with Gasteiger partial charge in [0, 0.05) is 26.1 Å². The largest absolute Gasteiger partial charge is 0.493 e. The van der Waals surface area contributed by atoms with Gasteiger partial charge in [-0.25, -0.2) is 12.8 Å². The molecule has 0 heterocycles. The summed E-state index contributed by atoms with van der Waals surface area (Å²) < 4.78 is 53.6. The molecular formula is C33H34FN3O6S. The molecule has 4 rings (SSSR count). The molecule has 0 bridgehead atoms. The first-order chi connectivity index (χ1) is 21.2. The number of methoxy groups -OCH3 is 2. The minimum atomic E-state index is -4.33. The van der Waals surface area contributed by atoms with E-state index in [4.69, 9.17) is 9.47 Å². The van der Waals surface area contributed by atoms with Gasteiger partial charge in [0.25, 0.3) is 10.0 Å². The number of hydrogen-bond acceptors (Lipinski definition) is 6.